The molecule has 1 saturated heterocycles. The first-order valence-corrected chi connectivity index (χ1v) is 12.4. The summed E-state index contributed by atoms with van der Waals surface area (Å²) in [4.78, 5) is 22.4. The zero-order chi connectivity index (χ0) is 24.8. The topological polar surface area (TPSA) is 66.6 Å². The minimum Gasteiger partial charge on any atom is -0.338 e. The average molecular weight is 497 g/mol. The predicted octanol–water partition coefficient (Wildman–Crippen LogP) is 5.26. The van der Waals surface area contributed by atoms with Gasteiger partial charge in [0.25, 0.3) is 5.91 Å². The van der Waals surface area contributed by atoms with E-state index in [0.717, 1.165) is 39.4 Å². The Morgan fingerprint density at radius 1 is 0.972 bits per heavy atom. The van der Waals surface area contributed by atoms with E-state index < -0.39 is 0 Å². The third kappa shape index (κ3) is 3.85. The molecule has 6 rings (SSSR count). The van der Waals surface area contributed by atoms with Gasteiger partial charge in [0.05, 0.1) is 5.52 Å². The molecule has 0 spiro atoms. The number of rotatable bonds is 3. The summed E-state index contributed by atoms with van der Waals surface area (Å²) >= 11 is 6.31. The van der Waals surface area contributed by atoms with E-state index in [4.69, 9.17) is 16.6 Å². The second-order valence-corrected chi connectivity index (χ2v) is 9.72. The highest BCUT2D eigenvalue weighted by Gasteiger charge is 2.31. The van der Waals surface area contributed by atoms with Crippen molar-refractivity contribution in [1.82, 2.24) is 24.5 Å². The third-order valence-corrected chi connectivity index (χ3v) is 7.02. The summed E-state index contributed by atoms with van der Waals surface area (Å²) in [5, 5.41) is 10.6. The van der Waals surface area contributed by atoms with Gasteiger partial charge in [-0.25, -0.2) is 9.38 Å². The van der Waals surface area contributed by atoms with Crippen molar-refractivity contribution in [1.29, 1.82) is 0 Å². The fourth-order valence-corrected chi connectivity index (χ4v) is 5.05. The normalized spacial score (nSPS) is 16.1. The summed E-state index contributed by atoms with van der Waals surface area (Å²) < 4.78 is 2.02. The second-order valence-electron chi connectivity index (χ2n) is 9.28. The largest absolute Gasteiger partial charge is 0.338 e. The van der Waals surface area contributed by atoms with Gasteiger partial charge in [-0.2, -0.15) is 0 Å². The number of fused-ring (bicyclic) bond motifs is 3. The van der Waals surface area contributed by atoms with E-state index in [1.54, 1.807) is 0 Å². The highest BCUT2D eigenvalue weighted by molar-refractivity contribution is 6.31. The van der Waals surface area contributed by atoms with E-state index >= 15 is 0 Å². The molecule has 36 heavy (non-hydrogen) atoms. The molecule has 1 amide bonds. The van der Waals surface area contributed by atoms with Crippen molar-refractivity contribution in [2.45, 2.75) is 19.9 Å². The van der Waals surface area contributed by atoms with Crippen LogP contribution in [0.25, 0.3) is 27.9 Å². The molecule has 1 atom stereocenters. The van der Waals surface area contributed by atoms with E-state index in [9.17, 15) is 4.79 Å². The molecule has 7 nitrogen and oxygen atoms in total. The smallest absolute Gasteiger partial charge is 0.254 e. The lowest BCUT2D eigenvalue weighted by atomic mass is 10.1. The molecule has 0 bridgehead atoms. The van der Waals surface area contributed by atoms with Crippen LogP contribution in [0.4, 0.5) is 5.95 Å². The summed E-state index contributed by atoms with van der Waals surface area (Å²) in [6, 6.07) is 23.4. The van der Waals surface area contributed by atoms with Crippen LogP contribution in [0.5, 0.6) is 0 Å². The maximum absolute atomic E-state index is 13.2. The number of hydrogen-bond acceptors (Lipinski definition) is 5. The number of piperazine rings is 1. The lowest BCUT2D eigenvalue weighted by Crippen LogP contribution is -2.54. The maximum Gasteiger partial charge on any atom is 0.254 e. The number of benzene rings is 3. The molecule has 1 fully saturated rings. The SMILES string of the molecule is Cc1ccc(C(=O)N2CCN(c3nc4cc(Cl)ccc4c4nnc(-c5ccccc5)n34)C[C@H]2C)cc1. The zero-order valence-corrected chi connectivity index (χ0v) is 20.9. The van der Waals surface area contributed by atoms with Gasteiger partial charge in [0.1, 0.15) is 0 Å². The van der Waals surface area contributed by atoms with Crippen LogP contribution in [0.3, 0.4) is 0 Å². The highest BCUT2D eigenvalue weighted by Crippen LogP contribution is 2.31. The third-order valence-electron chi connectivity index (χ3n) is 6.79. The molecule has 0 aliphatic carbocycles. The molecule has 0 unspecified atom stereocenters. The van der Waals surface area contributed by atoms with Gasteiger partial charge in [0.15, 0.2) is 11.5 Å². The standard InChI is InChI=1S/C28H25ClN6O/c1-18-8-10-21(11-9-18)27(36)34-15-14-33(17-19(34)2)28-30-24-16-22(29)12-13-23(24)26-32-31-25(35(26)28)20-6-4-3-5-7-20/h3-13,16,19H,14-15,17H2,1-2H3/t19-/m1/s1. The van der Waals surface area contributed by atoms with Crippen molar-refractivity contribution in [3.8, 4) is 11.4 Å². The lowest BCUT2D eigenvalue weighted by Gasteiger charge is -2.40. The van der Waals surface area contributed by atoms with Crippen molar-refractivity contribution >= 4 is 40.0 Å². The van der Waals surface area contributed by atoms with Gasteiger partial charge in [0.2, 0.25) is 5.95 Å². The average Bonchev–Trinajstić information content (AvgIpc) is 3.34. The number of aryl methyl sites for hydroxylation is 1. The summed E-state index contributed by atoms with van der Waals surface area (Å²) in [6.45, 7) is 5.97. The fraction of sp³-hybridized carbons (Fsp3) is 0.214. The molecular formula is C28H25ClN6O. The van der Waals surface area contributed by atoms with Gasteiger partial charge in [0, 0.05) is 47.2 Å². The molecule has 3 aromatic carbocycles. The summed E-state index contributed by atoms with van der Waals surface area (Å²) in [5.41, 5.74) is 4.31. The molecule has 0 saturated carbocycles. The Kier molecular flexibility index (Phi) is 5.57. The second kappa shape index (κ2) is 8.91. The number of halogens is 1. The van der Waals surface area contributed by atoms with Crippen molar-refractivity contribution < 1.29 is 4.79 Å². The fourth-order valence-electron chi connectivity index (χ4n) is 4.88. The van der Waals surface area contributed by atoms with Gasteiger partial charge < -0.3 is 9.80 Å². The van der Waals surface area contributed by atoms with Crippen LogP contribution in [0.2, 0.25) is 5.02 Å². The number of anilines is 1. The number of carbonyl (C=O) groups is 1. The summed E-state index contributed by atoms with van der Waals surface area (Å²) in [5.74, 6) is 1.54. The first kappa shape index (κ1) is 22.5. The molecule has 180 valence electrons. The quantitative estimate of drug-likeness (QED) is 0.341. The van der Waals surface area contributed by atoms with Gasteiger partial charge in [-0.3, -0.25) is 4.79 Å². The number of amides is 1. The lowest BCUT2D eigenvalue weighted by molar-refractivity contribution is 0.0673. The molecular weight excluding hydrogens is 472 g/mol. The van der Waals surface area contributed by atoms with Gasteiger partial charge in [-0.05, 0) is 44.2 Å². The first-order valence-electron chi connectivity index (χ1n) is 12.0. The van der Waals surface area contributed by atoms with Crippen LogP contribution in [0, 0.1) is 6.92 Å². The molecule has 2 aromatic heterocycles. The van der Waals surface area contributed by atoms with Crippen molar-refractivity contribution in [3.63, 3.8) is 0 Å². The highest BCUT2D eigenvalue weighted by atomic mass is 35.5. The van der Waals surface area contributed by atoms with Crippen molar-refractivity contribution in [2.24, 2.45) is 0 Å². The molecule has 8 heteroatoms. The number of carbonyl (C=O) groups excluding carboxylic acids is 1. The maximum atomic E-state index is 13.2. The van der Waals surface area contributed by atoms with Gasteiger partial charge in [-0.1, -0.05) is 59.6 Å². The summed E-state index contributed by atoms with van der Waals surface area (Å²) in [6.07, 6.45) is 0. The van der Waals surface area contributed by atoms with E-state index in [2.05, 4.69) is 22.0 Å². The first-order chi connectivity index (χ1) is 17.5. The Bertz CT molecular complexity index is 1580. The van der Waals surface area contributed by atoms with Crippen molar-refractivity contribution in [3.05, 3.63) is 88.9 Å². The van der Waals surface area contributed by atoms with Crippen LogP contribution in [-0.4, -0.2) is 56.1 Å². The molecule has 3 heterocycles. The molecule has 0 N–H and O–H groups in total. The van der Waals surface area contributed by atoms with E-state index in [-0.39, 0.29) is 11.9 Å². The van der Waals surface area contributed by atoms with Gasteiger partial charge in [-0.15, -0.1) is 10.2 Å². The zero-order valence-electron chi connectivity index (χ0n) is 20.1. The van der Waals surface area contributed by atoms with Crippen LogP contribution in [0.15, 0.2) is 72.8 Å². The molecule has 1 aliphatic rings. The predicted molar refractivity (Wildman–Crippen MR) is 143 cm³/mol. The van der Waals surface area contributed by atoms with Crippen LogP contribution in [0.1, 0.15) is 22.8 Å². The number of nitrogens with zero attached hydrogens (tertiary/aromatic N) is 6. The van der Waals surface area contributed by atoms with Crippen LogP contribution in [-0.2, 0) is 0 Å². The monoisotopic (exact) mass is 496 g/mol. The molecule has 0 radical (unpaired) electrons. The van der Waals surface area contributed by atoms with Gasteiger partial charge >= 0.3 is 0 Å². The number of hydrogen-bond donors (Lipinski definition) is 0. The van der Waals surface area contributed by atoms with Crippen LogP contribution >= 0.6 is 11.6 Å². The van der Waals surface area contributed by atoms with E-state index in [0.29, 0.717) is 30.2 Å². The van der Waals surface area contributed by atoms with Crippen molar-refractivity contribution in [2.75, 3.05) is 24.5 Å². The molecule has 5 aromatic rings. The Morgan fingerprint density at radius 3 is 2.50 bits per heavy atom. The Hall–Kier alpha value is -3.97. The van der Waals surface area contributed by atoms with Crippen LogP contribution < -0.4 is 4.90 Å². The minimum atomic E-state index is -0.00360. The Balaban J connectivity index is 1.41. The minimum absolute atomic E-state index is 0.00360. The molecule has 1 aliphatic heterocycles. The number of aromatic nitrogens is 4. The summed E-state index contributed by atoms with van der Waals surface area (Å²) in [7, 11) is 0. The Morgan fingerprint density at radius 2 is 1.75 bits per heavy atom. The Labute approximate surface area is 214 Å². The van der Waals surface area contributed by atoms with E-state index in [1.807, 2.05) is 89.0 Å². The van der Waals surface area contributed by atoms with E-state index in [1.165, 1.54) is 0 Å².